The molecular weight excluding hydrogens is 360 g/mol. The second-order valence-electron chi connectivity index (χ2n) is 4.47. The van der Waals surface area contributed by atoms with Crippen LogP contribution in [0.4, 0.5) is 14.5 Å². The summed E-state index contributed by atoms with van der Waals surface area (Å²) in [7, 11) is 0. The molecule has 0 spiro atoms. The van der Waals surface area contributed by atoms with Gasteiger partial charge in [0.2, 0.25) is 5.91 Å². The Morgan fingerprint density at radius 2 is 2.18 bits per heavy atom. The normalized spacial score (nSPS) is 10.8. The van der Waals surface area contributed by atoms with E-state index in [1.54, 1.807) is 23.0 Å². The first-order chi connectivity index (χ1) is 10.5. The number of nitrogens with one attached hydrogen (secondary N) is 1. The van der Waals surface area contributed by atoms with Crippen LogP contribution in [0.2, 0.25) is 0 Å². The van der Waals surface area contributed by atoms with Crippen molar-refractivity contribution in [2.75, 3.05) is 5.32 Å². The highest BCUT2D eigenvalue weighted by molar-refractivity contribution is 9.10. The van der Waals surface area contributed by atoms with Crippen molar-refractivity contribution in [3.8, 4) is 5.75 Å². The zero-order valence-electron chi connectivity index (χ0n) is 11.7. The van der Waals surface area contributed by atoms with Crippen LogP contribution < -0.4 is 10.1 Å². The summed E-state index contributed by atoms with van der Waals surface area (Å²) < 4.78 is 31.5. The molecule has 0 aliphatic carbocycles. The van der Waals surface area contributed by atoms with Crippen LogP contribution >= 0.6 is 15.9 Å². The van der Waals surface area contributed by atoms with Crippen LogP contribution in [0.25, 0.3) is 0 Å². The van der Waals surface area contributed by atoms with Gasteiger partial charge < -0.3 is 10.1 Å². The topological polar surface area (TPSA) is 56.2 Å². The van der Waals surface area contributed by atoms with Crippen LogP contribution in [-0.2, 0) is 11.3 Å². The lowest BCUT2D eigenvalue weighted by Gasteiger charge is -2.11. The Bertz CT molecular complexity index is 661. The molecule has 2 rings (SSSR count). The second-order valence-corrected chi connectivity index (χ2v) is 5.33. The van der Waals surface area contributed by atoms with E-state index in [0.29, 0.717) is 6.54 Å². The molecule has 0 aliphatic heterocycles. The standard InChI is InChI=1S/C14H14BrF2N3O2/c1-9-10(15)8-18-20(9)7-6-13(21)19-11-4-2-3-5-12(11)22-14(16)17/h2-5,8,14H,6-7H2,1H3,(H,19,21). The van der Waals surface area contributed by atoms with Crippen molar-refractivity contribution in [2.24, 2.45) is 0 Å². The lowest BCUT2D eigenvalue weighted by atomic mass is 10.2. The molecule has 0 atom stereocenters. The number of hydrogen-bond donors (Lipinski definition) is 1. The molecule has 0 radical (unpaired) electrons. The Labute approximate surface area is 134 Å². The molecular formula is C14H14BrF2N3O2. The predicted molar refractivity (Wildman–Crippen MR) is 81.0 cm³/mol. The average molecular weight is 374 g/mol. The van der Waals surface area contributed by atoms with E-state index in [4.69, 9.17) is 0 Å². The number of aromatic nitrogens is 2. The number of anilines is 1. The van der Waals surface area contributed by atoms with Gasteiger partial charge in [-0.05, 0) is 35.0 Å². The smallest absolute Gasteiger partial charge is 0.387 e. The minimum atomic E-state index is -2.94. The Morgan fingerprint density at radius 1 is 1.45 bits per heavy atom. The quantitative estimate of drug-likeness (QED) is 0.841. The van der Waals surface area contributed by atoms with Crippen LogP contribution in [0, 0.1) is 6.92 Å². The number of hydrogen-bond acceptors (Lipinski definition) is 3. The minimum Gasteiger partial charge on any atom is -0.433 e. The molecule has 0 saturated carbocycles. The lowest BCUT2D eigenvalue weighted by Crippen LogP contribution is -2.16. The summed E-state index contributed by atoms with van der Waals surface area (Å²) in [5, 5.41) is 6.68. The molecule has 1 amide bonds. The number of alkyl halides is 2. The molecule has 1 heterocycles. The summed E-state index contributed by atoms with van der Waals surface area (Å²) in [6, 6.07) is 6.06. The van der Waals surface area contributed by atoms with E-state index >= 15 is 0 Å². The van der Waals surface area contributed by atoms with Gasteiger partial charge in [0.25, 0.3) is 0 Å². The summed E-state index contributed by atoms with van der Waals surface area (Å²) in [5.74, 6) is -0.375. The van der Waals surface area contributed by atoms with Crippen molar-refractivity contribution in [2.45, 2.75) is 26.5 Å². The number of aryl methyl sites for hydroxylation is 1. The fourth-order valence-electron chi connectivity index (χ4n) is 1.84. The Kier molecular flexibility index (Phi) is 5.48. The number of carbonyl (C=O) groups is 1. The fourth-order valence-corrected chi connectivity index (χ4v) is 2.13. The zero-order valence-corrected chi connectivity index (χ0v) is 13.3. The van der Waals surface area contributed by atoms with E-state index in [0.717, 1.165) is 10.2 Å². The number of amides is 1. The van der Waals surface area contributed by atoms with E-state index < -0.39 is 6.61 Å². The highest BCUT2D eigenvalue weighted by atomic mass is 79.9. The van der Waals surface area contributed by atoms with Gasteiger partial charge in [-0.2, -0.15) is 13.9 Å². The molecule has 22 heavy (non-hydrogen) atoms. The largest absolute Gasteiger partial charge is 0.433 e. The second kappa shape index (κ2) is 7.35. The van der Waals surface area contributed by atoms with Crippen LogP contribution in [0.5, 0.6) is 5.75 Å². The first-order valence-electron chi connectivity index (χ1n) is 6.49. The molecule has 2 aromatic rings. The van der Waals surface area contributed by atoms with Crippen LogP contribution in [0.15, 0.2) is 34.9 Å². The summed E-state index contributed by atoms with van der Waals surface area (Å²) in [4.78, 5) is 11.9. The third kappa shape index (κ3) is 4.27. The van der Waals surface area contributed by atoms with Crippen molar-refractivity contribution >= 4 is 27.5 Å². The molecule has 0 unspecified atom stereocenters. The van der Waals surface area contributed by atoms with Gasteiger partial charge in [0.05, 0.1) is 22.9 Å². The molecule has 0 fully saturated rings. The van der Waals surface area contributed by atoms with Crippen molar-refractivity contribution in [3.63, 3.8) is 0 Å². The molecule has 1 aromatic carbocycles. The fraction of sp³-hybridized carbons (Fsp3) is 0.286. The Morgan fingerprint density at radius 3 is 2.82 bits per heavy atom. The van der Waals surface area contributed by atoms with E-state index in [2.05, 4.69) is 31.1 Å². The summed E-state index contributed by atoms with van der Waals surface area (Å²) in [6.07, 6.45) is 1.82. The summed E-state index contributed by atoms with van der Waals surface area (Å²) in [5.41, 5.74) is 1.13. The van der Waals surface area contributed by atoms with Gasteiger partial charge in [-0.15, -0.1) is 0 Å². The highest BCUT2D eigenvalue weighted by Crippen LogP contribution is 2.25. The summed E-state index contributed by atoms with van der Waals surface area (Å²) in [6.45, 7) is -0.677. The van der Waals surface area contributed by atoms with Crippen LogP contribution in [0.1, 0.15) is 12.1 Å². The third-order valence-electron chi connectivity index (χ3n) is 2.97. The average Bonchev–Trinajstić information content (AvgIpc) is 2.78. The monoisotopic (exact) mass is 373 g/mol. The molecule has 0 bridgehead atoms. The van der Waals surface area contributed by atoms with Gasteiger partial charge >= 0.3 is 6.61 Å². The third-order valence-corrected chi connectivity index (χ3v) is 3.75. The van der Waals surface area contributed by atoms with Crippen LogP contribution in [-0.4, -0.2) is 22.3 Å². The van der Waals surface area contributed by atoms with Crippen molar-refractivity contribution in [3.05, 3.63) is 40.6 Å². The highest BCUT2D eigenvalue weighted by Gasteiger charge is 2.12. The van der Waals surface area contributed by atoms with Gasteiger partial charge in [-0.25, -0.2) is 0 Å². The van der Waals surface area contributed by atoms with Crippen molar-refractivity contribution in [1.29, 1.82) is 0 Å². The number of ether oxygens (including phenoxy) is 1. The lowest BCUT2D eigenvalue weighted by molar-refractivity contribution is -0.116. The number of halogens is 3. The molecule has 118 valence electrons. The molecule has 5 nitrogen and oxygen atoms in total. The van der Waals surface area contributed by atoms with E-state index in [1.165, 1.54) is 12.1 Å². The first-order valence-corrected chi connectivity index (χ1v) is 7.28. The maximum atomic E-state index is 12.3. The first kappa shape index (κ1) is 16.4. The minimum absolute atomic E-state index is 0.0659. The summed E-state index contributed by atoms with van der Waals surface area (Å²) >= 11 is 3.34. The molecule has 8 heteroatoms. The molecule has 1 N–H and O–H groups in total. The van der Waals surface area contributed by atoms with E-state index in [9.17, 15) is 13.6 Å². The van der Waals surface area contributed by atoms with E-state index in [-0.39, 0.29) is 23.8 Å². The number of para-hydroxylation sites is 2. The van der Waals surface area contributed by atoms with Gasteiger partial charge in [0.1, 0.15) is 5.75 Å². The van der Waals surface area contributed by atoms with Crippen molar-refractivity contribution in [1.82, 2.24) is 9.78 Å². The SMILES string of the molecule is Cc1c(Br)cnn1CCC(=O)Nc1ccccc1OC(F)F. The van der Waals surface area contributed by atoms with Crippen LogP contribution in [0.3, 0.4) is 0 Å². The number of benzene rings is 1. The van der Waals surface area contributed by atoms with Gasteiger partial charge in [-0.1, -0.05) is 12.1 Å². The molecule has 0 aliphatic rings. The predicted octanol–water partition coefficient (Wildman–Crippen LogP) is 3.58. The van der Waals surface area contributed by atoms with Crippen molar-refractivity contribution < 1.29 is 18.3 Å². The number of rotatable bonds is 6. The van der Waals surface area contributed by atoms with Gasteiger partial charge in [0.15, 0.2) is 0 Å². The molecule has 1 aromatic heterocycles. The van der Waals surface area contributed by atoms with Gasteiger partial charge in [-0.3, -0.25) is 9.48 Å². The zero-order chi connectivity index (χ0) is 16.1. The van der Waals surface area contributed by atoms with Gasteiger partial charge in [0, 0.05) is 12.1 Å². The maximum absolute atomic E-state index is 12.3. The number of carbonyl (C=O) groups excluding carboxylic acids is 1. The molecule has 0 saturated heterocycles. The number of nitrogens with zero attached hydrogens (tertiary/aromatic N) is 2. The Balaban J connectivity index is 1.96. The maximum Gasteiger partial charge on any atom is 0.387 e. The van der Waals surface area contributed by atoms with E-state index in [1.807, 2.05) is 6.92 Å². The Hall–Kier alpha value is -1.96.